The van der Waals surface area contributed by atoms with Gasteiger partial charge >= 0.3 is 0 Å². The molecule has 1 saturated heterocycles. The zero-order valence-electron chi connectivity index (χ0n) is 12.6. The molecule has 1 amide bonds. The molecule has 2 N–H and O–H groups in total. The number of hydrogen-bond acceptors (Lipinski definition) is 5. The first-order valence-corrected chi connectivity index (χ1v) is 7.39. The summed E-state index contributed by atoms with van der Waals surface area (Å²) in [5.74, 6) is 0.529. The van der Waals surface area contributed by atoms with Crippen LogP contribution in [0.2, 0.25) is 0 Å². The Morgan fingerprint density at radius 1 is 1.39 bits per heavy atom. The molecule has 3 aromatic rings. The Kier molecular flexibility index (Phi) is 3.30. The number of ether oxygens (including phenoxy) is 1. The van der Waals surface area contributed by atoms with Crippen molar-refractivity contribution in [3.63, 3.8) is 0 Å². The summed E-state index contributed by atoms with van der Waals surface area (Å²) in [6.45, 7) is 0.505. The molecule has 8 nitrogen and oxygen atoms in total. The van der Waals surface area contributed by atoms with E-state index in [0.717, 1.165) is 5.39 Å². The van der Waals surface area contributed by atoms with E-state index >= 15 is 0 Å². The summed E-state index contributed by atoms with van der Waals surface area (Å²) < 4.78 is 5.43. The molecule has 1 aliphatic heterocycles. The highest BCUT2D eigenvalue weighted by atomic mass is 16.5. The van der Waals surface area contributed by atoms with Gasteiger partial charge in [0.2, 0.25) is 0 Å². The zero-order chi connectivity index (χ0) is 15.8. The van der Waals surface area contributed by atoms with Crippen molar-refractivity contribution < 1.29 is 9.53 Å². The summed E-state index contributed by atoms with van der Waals surface area (Å²) in [5.41, 5.74) is 1.11. The van der Waals surface area contributed by atoms with Crippen molar-refractivity contribution in [1.82, 2.24) is 30.0 Å². The maximum Gasteiger partial charge on any atom is 0.273 e. The number of aromatic nitrogens is 5. The summed E-state index contributed by atoms with van der Waals surface area (Å²) >= 11 is 0. The molecule has 4 heterocycles. The molecule has 118 valence electrons. The van der Waals surface area contributed by atoms with Gasteiger partial charge in [0.15, 0.2) is 0 Å². The first-order chi connectivity index (χ1) is 11.3. The number of rotatable bonds is 3. The van der Waals surface area contributed by atoms with Crippen LogP contribution in [0.3, 0.4) is 0 Å². The Bertz CT molecular complexity index is 827. The van der Waals surface area contributed by atoms with Crippen LogP contribution in [0.15, 0.2) is 30.7 Å². The van der Waals surface area contributed by atoms with Crippen molar-refractivity contribution in [3.8, 4) is 0 Å². The van der Waals surface area contributed by atoms with Gasteiger partial charge in [0.1, 0.15) is 23.5 Å². The molecular weight excluding hydrogens is 296 g/mol. The second-order valence-corrected chi connectivity index (χ2v) is 5.55. The summed E-state index contributed by atoms with van der Waals surface area (Å²) in [7, 11) is 1.65. The second-order valence-electron chi connectivity index (χ2n) is 5.55. The Balaban J connectivity index is 1.67. The fourth-order valence-corrected chi connectivity index (χ4v) is 3.02. The van der Waals surface area contributed by atoms with E-state index in [2.05, 4.69) is 25.1 Å². The maximum atomic E-state index is 12.9. The molecular formula is C15H16N6O2. The molecule has 0 aliphatic carbocycles. The molecule has 2 atom stereocenters. The lowest BCUT2D eigenvalue weighted by molar-refractivity contribution is 0.0679. The fraction of sp³-hybridized carbons (Fsp3) is 0.333. The standard InChI is InChI=1S/C15H16N6O2/c1-23-10-6-12(14-17-8-18-20-14)21(7-10)15(22)11-3-2-9-4-5-16-13(9)19-11/h2-5,8,10,12H,6-7H2,1H3,(H,16,19)(H,17,18,20)/t10-,12+/m1/s1. The van der Waals surface area contributed by atoms with Crippen molar-refractivity contribution in [3.05, 3.63) is 42.2 Å². The Morgan fingerprint density at radius 2 is 2.30 bits per heavy atom. The summed E-state index contributed by atoms with van der Waals surface area (Å²) in [6.07, 6.45) is 3.91. The SMILES string of the molecule is CO[C@@H]1C[C@@H](c2ncn[nH]2)N(C(=O)c2ccc3cc[nH]c3n2)C1. The molecule has 1 fully saturated rings. The quantitative estimate of drug-likeness (QED) is 0.759. The molecule has 0 bridgehead atoms. The van der Waals surface area contributed by atoms with Crippen LogP contribution >= 0.6 is 0 Å². The minimum absolute atomic E-state index is 0.0248. The lowest BCUT2D eigenvalue weighted by Gasteiger charge is -2.22. The van der Waals surface area contributed by atoms with Crippen LogP contribution in [0.1, 0.15) is 28.8 Å². The van der Waals surface area contributed by atoms with Crippen molar-refractivity contribution in [2.24, 2.45) is 0 Å². The maximum absolute atomic E-state index is 12.9. The summed E-state index contributed by atoms with van der Waals surface area (Å²) in [4.78, 5) is 26.3. The number of nitrogens with one attached hydrogen (secondary N) is 2. The highest BCUT2D eigenvalue weighted by molar-refractivity contribution is 5.94. The van der Waals surface area contributed by atoms with Crippen LogP contribution in [0.25, 0.3) is 11.0 Å². The van der Waals surface area contributed by atoms with E-state index in [1.807, 2.05) is 12.1 Å². The first-order valence-electron chi connectivity index (χ1n) is 7.39. The first kappa shape index (κ1) is 13.9. The van der Waals surface area contributed by atoms with Gasteiger partial charge < -0.3 is 14.6 Å². The number of methoxy groups -OCH3 is 1. The highest BCUT2D eigenvalue weighted by Crippen LogP contribution is 2.32. The van der Waals surface area contributed by atoms with Gasteiger partial charge in [-0.05, 0) is 18.2 Å². The van der Waals surface area contributed by atoms with E-state index in [1.54, 1.807) is 24.3 Å². The van der Waals surface area contributed by atoms with Gasteiger partial charge in [-0.3, -0.25) is 9.89 Å². The van der Waals surface area contributed by atoms with Gasteiger partial charge in [-0.2, -0.15) is 5.10 Å². The average molecular weight is 312 g/mol. The van der Waals surface area contributed by atoms with Gasteiger partial charge in [0.25, 0.3) is 5.91 Å². The normalized spacial score (nSPS) is 21.2. The van der Waals surface area contributed by atoms with E-state index in [9.17, 15) is 4.79 Å². The topological polar surface area (TPSA) is 99.8 Å². The van der Waals surface area contributed by atoms with E-state index in [4.69, 9.17) is 4.74 Å². The lowest BCUT2D eigenvalue weighted by atomic mass is 10.2. The van der Waals surface area contributed by atoms with Gasteiger partial charge in [-0.15, -0.1) is 0 Å². The lowest BCUT2D eigenvalue weighted by Crippen LogP contribution is -2.33. The van der Waals surface area contributed by atoms with Crippen molar-refractivity contribution in [2.45, 2.75) is 18.6 Å². The number of pyridine rings is 1. The van der Waals surface area contributed by atoms with E-state index < -0.39 is 0 Å². The fourth-order valence-electron chi connectivity index (χ4n) is 3.02. The van der Waals surface area contributed by atoms with Crippen molar-refractivity contribution in [1.29, 1.82) is 0 Å². The molecule has 0 unspecified atom stereocenters. The highest BCUT2D eigenvalue weighted by Gasteiger charge is 2.38. The predicted molar refractivity (Wildman–Crippen MR) is 81.7 cm³/mol. The molecule has 8 heteroatoms. The molecule has 4 rings (SSSR count). The summed E-state index contributed by atoms with van der Waals surface area (Å²) in [6, 6.07) is 5.37. The van der Waals surface area contributed by atoms with Gasteiger partial charge in [-0.1, -0.05) is 0 Å². The number of aromatic amines is 2. The van der Waals surface area contributed by atoms with Gasteiger partial charge in [0, 0.05) is 31.7 Å². The minimum Gasteiger partial charge on any atom is -0.380 e. The number of likely N-dealkylation sites (tertiary alicyclic amines) is 1. The molecule has 1 aliphatic rings. The minimum atomic E-state index is -0.184. The van der Waals surface area contributed by atoms with E-state index in [-0.39, 0.29) is 18.1 Å². The predicted octanol–water partition coefficient (Wildman–Crippen LogP) is 1.28. The third-order valence-corrected chi connectivity index (χ3v) is 4.23. The van der Waals surface area contributed by atoms with E-state index in [1.165, 1.54) is 6.33 Å². The van der Waals surface area contributed by atoms with Crippen molar-refractivity contribution >= 4 is 16.9 Å². The number of carbonyl (C=O) groups excluding carboxylic acids is 1. The molecule has 0 spiro atoms. The number of hydrogen-bond donors (Lipinski definition) is 2. The average Bonchev–Trinajstić information content (AvgIpc) is 3.31. The molecule has 23 heavy (non-hydrogen) atoms. The Hall–Kier alpha value is -2.74. The second kappa shape index (κ2) is 5.47. The summed E-state index contributed by atoms with van der Waals surface area (Å²) in [5, 5.41) is 7.71. The number of fused-ring (bicyclic) bond motifs is 1. The number of carbonyl (C=O) groups is 1. The van der Waals surface area contributed by atoms with Gasteiger partial charge in [0.05, 0.1) is 12.1 Å². The number of amides is 1. The molecule has 3 aromatic heterocycles. The van der Waals surface area contributed by atoms with Crippen LogP contribution < -0.4 is 0 Å². The Morgan fingerprint density at radius 3 is 3.09 bits per heavy atom. The van der Waals surface area contributed by atoms with Crippen molar-refractivity contribution in [2.75, 3.05) is 13.7 Å². The third kappa shape index (κ3) is 2.36. The third-order valence-electron chi connectivity index (χ3n) is 4.23. The van der Waals surface area contributed by atoms with Crippen LogP contribution in [0.4, 0.5) is 0 Å². The largest absolute Gasteiger partial charge is 0.380 e. The van der Waals surface area contributed by atoms with E-state index in [0.29, 0.717) is 30.1 Å². The molecule has 0 saturated carbocycles. The Labute approximate surface area is 131 Å². The zero-order valence-corrected chi connectivity index (χ0v) is 12.6. The monoisotopic (exact) mass is 312 g/mol. The smallest absolute Gasteiger partial charge is 0.273 e. The van der Waals surface area contributed by atoms with Gasteiger partial charge in [-0.25, -0.2) is 9.97 Å². The molecule has 0 radical (unpaired) electrons. The van der Waals surface area contributed by atoms with Crippen LogP contribution in [-0.2, 0) is 4.74 Å². The van der Waals surface area contributed by atoms with Crippen LogP contribution in [-0.4, -0.2) is 55.7 Å². The van der Waals surface area contributed by atoms with Crippen LogP contribution in [0.5, 0.6) is 0 Å². The molecule has 0 aromatic carbocycles. The van der Waals surface area contributed by atoms with Crippen LogP contribution in [0, 0.1) is 0 Å². The number of nitrogens with zero attached hydrogens (tertiary/aromatic N) is 4. The number of H-pyrrole nitrogens is 2.